The number of hydrogen-bond donors (Lipinski definition) is 6. The van der Waals surface area contributed by atoms with E-state index in [2.05, 4.69) is 31.7 Å². The molecular weight excluding hydrogens is 462 g/mol. The van der Waals surface area contributed by atoms with Crippen molar-refractivity contribution in [2.24, 2.45) is 5.92 Å². The summed E-state index contributed by atoms with van der Waals surface area (Å²) in [7, 11) is 0. The summed E-state index contributed by atoms with van der Waals surface area (Å²) in [6.07, 6.45) is 6.48. The molecule has 198 valence electrons. The van der Waals surface area contributed by atoms with Gasteiger partial charge in [0.05, 0.1) is 18.6 Å². The van der Waals surface area contributed by atoms with Gasteiger partial charge in [0.1, 0.15) is 18.1 Å². The molecular formula is C25H39N7O4. The molecule has 0 saturated carbocycles. The first kappa shape index (κ1) is 25.2. The number of nitrogens with zero attached hydrogens (tertiary/aromatic N) is 2. The molecule has 4 saturated heterocycles. The minimum absolute atomic E-state index is 0.0177. The monoisotopic (exact) mass is 501 g/mol. The second-order valence-corrected chi connectivity index (χ2v) is 10.3. The predicted molar refractivity (Wildman–Crippen MR) is 135 cm³/mol. The largest absolute Gasteiger partial charge is 0.490 e. The molecule has 11 heteroatoms. The first-order chi connectivity index (χ1) is 17.5. The van der Waals surface area contributed by atoms with Crippen molar-refractivity contribution in [2.45, 2.75) is 63.1 Å². The van der Waals surface area contributed by atoms with Crippen LogP contribution in [0.2, 0.25) is 0 Å². The van der Waals surface area contributed by atoms with Gasteiger partial charge in [0.15, 0.2) is 0 Å². The zero-order valence-electron chi connectivity index (χ0n) is 20.7. The number of nitrogens with one attached hydrogen (secondary N) is 5. The highest BCUT2D eigenvalue weighted by Crippen LogP contribution is 2.25. The van der Waals surface area contributed by atoms with E-state index < -0.39 is 5.97 Å². The number of benzene rings is 1. The number of ether oxygens (including phenoxy) is 1. The highest BCUT2D eigenvalue weighted by atomic mass is 16.5. The highest BCUT2D eigenvalue weighted by molar-refractivity contribution is 5.81. The van der Waals surface area contributed by atoms with Crippen molar-refractivity contribution in [2.75, 3.05) is 44.6 Å². The third kappa shape index (κ3) is 6.27. The number of fused-ring (bicyclic) bond motifs is 1. The van der Waals surface area contributed by atoms with Gasteiger partial charge in [0, 0.05) is 44.5 Å². The van der Waals surface area contributed by atoms with Crippen molar-refractivity contribution in [3.8, 4) is 5.75 Å². The molecule has 0 aliphatic carbocycles. The number of anilines is 1. The predicted octanol–water partition coefficient (Wildman–Crippen LogP) is 0.324. The first-order valence-corrected chi connectivity index (χ1v) is 13.3. The lowest BCUT2D eigenvalue weighted by molar-refractivity contribution is -0.138. The maximum absolute atomic E-state index is 12.8. The van der Waals surface area contributed by atoms with E-state index in [1.54, 1.807) is 0 Å². The summed E-state index contributed by atoms with van der Waals surface area (Å²) in [6, 6.07) is 7.93. The molecule has 0 spiro atoms. The molecule has 0 radical (unpaired) electrons. The number of hydrogen-bond acceptors (Lipinski definition) is 9. The Labute approximate surface area is 212 Å². The number of carboxylic acids is 1. The number of aliphatic carboxylic acids is 1. The Morgan fingerprint density at radius 2 is 1.75 bits per heavy atom. The number of carboxylic acid groups (broad SMARTS) is 1. The van der Waals surface area contributed by atoms with Gasteiger partial charge in [-0.15, -0.1) is 0 Å². The number of piperidine rings is 1. The van der Waals surface area contributed by atoms with Crippen LogP contribution in [-0.2, 0) is 9.59 Å². The Morgan fingerprint density at radius 1 is 1.03 bits per heavy atom. The van der Waals surface area contributed by atoms with E-state index in [1.165, 1.54) is 25.7 Å². The molecule has 4 aliphatic rings. The summed E-state index contributed by atoms with van der Waals surface area (Å²) in [5.74, 6) is -0.254. The maximum Gasteiger partial charge on any atom is 0.317 e. The fourth-order valence-corrected chi connectivity index (χ4v) is 5.79. The molecule has 4 atom stereocenters. The van der Waals surface area contributed by atoms with E-state index in [9.17, 15) is 9.59 Å². The quantitative estimate of drug-likeness (QED) is 0.311. The van der Waals surface area contributed by atoms with Gasteiger partial charge in [0.2, 0.25) is 5.91 Å². The Kier molecular flexibility index (Phi) is 8.22. The molecule has 4 heterocycles. The number of hydrazine groups is 1. The van der Waals surface area contributed by atoms with E-state index in [0.29, 0.717) is 6.54 Å². The summed E-state index contributed by atoms with van der Waals surface area (Å²) in [6.45, 7) is 4.33. The molecule has 36 heavy (non-hydrogen) atoms. The van der Waals surface area contributed by atoms with Gasteiger partial charge in [0.25, 0.3) is 0 Å². The third-order valence-electron chi connectivity index (χ3n) is 7.72. The molecule has 1 aromatic rings. The van der Waals surface area contributed by atoms with Crippen LogP contribution in [0.4, 0.5) is 5.69 Å². The van der Waals surface area contributed by atoms with Crippen molar-refractivity contribution >= 4 is 17.6 Å². The van der Waals surface area contributed by atoms with Crippen molar-refractivity contribution < 1.29 is 19.4 Å². The van der Waals surface area contributed by atoms with Crippen molar-refractivity contribution in [3.05, 3.63) is 24.3 Å². The van der Waals surface area contributed by atoms with Gasteiger partial charge in [-0.25, -0.2) is 5.43 Å². The fourth-order valence-electron chi connectivity index (χ4n) is 5.79. The lowest BCUT2D eigenvalue weighted by Crippen LogP contribution is -2.76. The Hall–Kier alpha value is -2.44. The van der Waals surface area contributed by atoms with Crippen LogP contribution >= 0.6 is 0 Å². The van der Waals surface area contributed by atoms with Crippen LogP contribution in [0.5, 0.6) is 5.75 Å². The summed E-state index contributed by atoms with van der Waals surface area (Å²) >= 11 is 0. The molecule has 1 aromatic carbocycles. The molecule has 1 amide bonds. The smallest absolute Gasteiger partial charge is 0.317 e. The van der Waals surface area contributed by atoms with Crippen molar-refractivity contribution in [1.82, 2.24) is 31.3 Å². The second-order valence-electron chi connectivity index (χ2n) is 10.3. The third-order valence-corrected chi connectivity index (χ3v) is 7.72. The Balaban J connectivity index is 1.20. The summed E-state index contributed by atoms with van der Waals surface area (Å²) in [5.41, 5.74) is 6.75. The topological polar surface area (TPSA) is 130 Å². The number of amides is 1. The van der Waals surface area contributed by atoms with Crippen molar-refractivity contribution in [1.29, 1.82) is 0 Å². The van der Waals surface area contributed by atoms with Crippen LogP contribution in [0.25, 0.3) is 0 Å². The van der Waals surface area contributed by atoms with Gasteiger partial charge in [-0.1, -0.05) is 12.8 Å². The molecule has 4 unspecified atom stereocenters. The minimum Gasteiger partial charge on any atom is -0.490 e. The summed E-state index contributed by atoms with van der Waals surface area (Å²) < 4.78 is 6.16. The van der Waals surface area contributed by atoms with Gasteiger partial charge in [-0.2, -0.15) is 0 Å². The molecule has 4 fully saturated rings. The molecule has 4 aliphatic heterocycles. The number of rotatable bonds is 7. The van der Waals surface area contributed by atoms with E-state index in [-0.39, 0.29) is 43.0 Å². The lowest BCUT2D eigenvalue weighted by Gasteiger charge is -2.48. The SMILES string of the molecule is O=C(O)CN1CCC(Oc2ccc(NC3NC(N4CCCCCC4)NC4CNNC(=O)C43)cc2)CC1. The maximum atomic E-state index is 12.8. The zero-order valence-corrected chi connectivity index (χ0v) is 20.7. The number of carbonyl (C=O) groups is 2. The van der Waals surface area contributed by atoms with Gasteiger partial charge >= 0.3 is 5.97 Å². The van der Waals surface area contributed by atoms with Crippen LogP contribution < -0.4 is 31.5 Å². The molecule has 5 rings (SSSR count). The fraction of sp³-hybridized carbons (Fsp3) is 0.680. The van der Waals surface area contributed by atoms with E-state index in [4.69, 9.17) is 9.84 Å². The first-order valence-electron chi connectivity index (χ1n) is 13.3. The van der Waals surface area contributed by atoms with Crippen LogP contribution in [0.15, 0.2) is 24.3 Å². The van der Waals surface area contributed by atoms with Gasteiger partial charge in [-0.05, 0) is 49.9 Å². The van der Waals surface area contributed by atoms with Gasteiger partial charge in [-0.3, -0.25) is 35.4 Å². The summed E-state index contributed by atoms with van der Waals surface area (Å²) in [5, 5.41) is 19.9. The zero-order chi connectivity index (χ0) is 24.9. The average molecular weight is 502 g/mol. The molecule has 0 bridgehead atoms. The lowest BCUT2D eigenvalue weighted by atomic mass is 9.91. The van der Waals surface area contributed by atoms with E-state index in [0.717, 1.165) is 50.5 Å². The number of carbonyl (C=O) groups excluding carboxylic acids is 1. The average Bonchev–Trinajstić information content (AvgIpc) is 3.16. The van der Waals surface area contributed by atoms with Crippen LogP contribution in [0.1, 0.15) is 38.5 Å². The van der Waals surface area contributed by atoms with Crippen LogP contribution in [0.3, 0.4) is 0 Å². The molecule has 6 N–H and O–H groups in total. The van der Waals surface area contributed by atoms with Crippen LogP contribution in [0, 0.1) is 5.92 Å². The second kappa shape index (κ2) is 11.7. The van der Waals surface area contributed by atoms with Gasteiger partial charge < -0.3 is 15.2 Å². The standard InChI is InChI=1S/C25H39N7O4/c33-21(34)16-31-13-9-19(10-14-31)36-18-7-5-17(6-8-18)27-23-22-20(15-26-30-24(22)35)28-25(29-23)32-11-3-1-2-4-12-32/h5-8,19-20,22-23,25-29H,1-4,9-16H2,(H,30,35)(H,33,34). The Morgan fingerprint density at radius 3 is 2.44 bits per heavy atom. The minimum atomic E-state index is -0.785. The normalized spacial score (nSPS) is 30.6. The van der Waals surface area contributed by atoms with E-state index >= 15 is 0 Å². The molecule has 0 aromatic heterocycles. The Bertz CT molecular complexity index is 885. The highest BCUT2D eigenvalue weighted by Gasteiger charge is 2.44. The van der Waals surface area contributed by atoms with Crippen molar-refractivity contribution in [3.63, 3.8) is 0 Å². The summed E-state index contributed by atoms with van der Waals surface area (Å²) in [4.78, 5) is 28.1. The molecule has 11 nitrogen and oxygen atoms in total. The number of likely N-dealkylation sites (tertiary alicyclic amines) is 2. The van der Waals surface area contributed by atoms with Crippen LogP contribution in [-0.4, -0.2) is 90.7 Å². The van der Waals surface area contributed by atoms with E-state index in [1.807, 2.05) is 29.2 Å².